The second-order valence-corrected chi connectivity index (χ2v) is 7.99. The summed E-state index contributed by atoms with van der Waals surface area (Å²) in [6.45, 7) is 0. The van der Waals surface area contributed by atoms with E-state index in [4.69, 9.17) is 0 Å². The highest BCUT2D eigenvalue weighted by atomic mass is 32.2. The molecule has 28 heavy (non-hydrogen) atoms. The average Bonchev–Trinajstić information content (AvgIpc) is 3.33. The number of nitro groups is 1. The van der Waals surface area contributed by atoms with Crippen LogP contribution in [0.2, 0.25) is 0 Å². The van der Waals surface area contributed by atoms with E-state index < -0.39 is 10.8 Å². The predicted octanol–water partition coefficient (Wildman–Crippen LogP) is 4.47. The van der Waals surface area contributed by atoms with Crippen molar-refractivity contribution in [1.82, 2.24) is 15.2 Å². The number of thioether (sulfide) groups is 1. The molecule has 0 saturated carbocycles. The van der Waals surface area contributed by atoms with Gasteiger partial charge in [0.15, 0.2) is 4.34 Å². The van der Waals surface area contributed by atoms with Crippen LogP contribution >= 0.6 is 23.1 Å². The Morgan fingerprint density at radius 2 is 2.04 bits per heavy atom. The van der Waals surface area contributed by atoms with E-state index in [0.717, 1.165) is 10.1 Å². The zero-order chi connectivity index (χ0) is 19.5. The highest BCUT2D eigenvalue weighted by molar-refractivity contribution is 8.00. The minimum atomic E-state index is -0.491. The Morgan fingerprint density at radius 3 is 2.82 bits per heavy atom. The number of carbonyl (C=O) groups is 1. The quantitative estimate of drug-likeness (QED) is 0.209. The first kappa shape index (κ1) is 18.1. The summed E-state index contributed by atoms with van der Waals surface area (Å²) < 4.78 is 0.744. The van der Waals surface area contributed by atoms with E-state index in [1.165, 1.54) is 47.0 Å². The first-order chi connectivity index (χ1) is 13.6. The van der Waals surface area contributed by atoms with Gasteiger partial charge < -0.3 is 4.98 Å². The molecule has 4 aromatic rings. The second-order valence-electron chi connectivity index (χ2n) is 5.79. The van der Waals surface area contributed by atoms with E-state index in [1.54, 1.807) is 6.07 Å². The SMILES string of the molecule is O=C(Nc1nnc(SCc2ccccc2)s1)c1c[nH]c2ccc([N+](=O)[O-])cc12. The number of rotatable bonds is 6. The van der Waals surface area contributed by atoms with Crippen molar-refractivity contribution in [3.63, 3.8) is 0 Å². The van der Waals surface area contributed by atoms with Crippen LogP contribution in [0.3, 0.4) is 0 Å². The van der Waals surface area contributed by atoms with Crippen LogP contribution in [-0.2, 0) is 5.75 Å². The van der Waals surface area contributed by atoms with Crippen LogP contribution in [-0.4, -0.2) is 26.0 Å². The number of anilines is 1. The van der Waals surface area contributed by atoms with Gasteiger partial charge in [0.05, 0.1) is 10.5 Å². The minimum absolute atomic E-state index is 0.0725. The Kier molecular flexibility index (Phi) is 5.04. The van der Waals surface area contributed by atoms with Crippen molar-refractivity contribution in [2.24, 2.45) is 0 Å². The number of non-ortho nitro benzene ring substituents is 1. The van der Waals surface area contributed by atoms with Crippen LogP contribution in [0.5, 0.6) is 0 Å². The summed E-state index contributed by atoms with van der Waals surface area (Å²) >= 11 is 2.82. The first-order valence-electron chi connectivity index (χ1n) is 8.17. The molecule has 2 aromatic heterocycles. The zero-order valence-corrected chi connectivity index (χ0v) is 15.9. The molecule has 0 saturated heterocycles. The maximum absolute atomic E-state index is 12.6. The lowest BCUT2D eigenvalue weighted by atomic mass is 10.1. The van der Waals surface area contributed by atoms with E-state index in [-0.39, 0.29) is 5.69 Å². The van der Waals surface area contributed by atoms with Crippen LogP contribution in [0.1, 0.15) is 15.9 Å². The van der Waals surface area contributed by atoms with Gasteiger partial charge in [-0.3, -0.25) is 20.2 Å². The van der Waals surface area contributed by atoms with E-state index in [2.05, 4.69) is 20.5 Å². The predicted molar refractivity (Wildman–Crippen MR) is 109 cm³/mol. The maximum atomic E-state index is 12.6. The molecule has 0 radical (unpaired) electrons. The summed E-state index contributed by atoms with van der Waals surface area (Å²) in [5.41, 5.74) is 2.06. The molecule has 4 rings (SSSR count). The van der Waals surface area contributed by atoms with Crippen molar-refractivity contribution in [1.29, 1.82) is 0 Å². The molecule has 2 N–H and O–H groups in total. The molecule has 0 aliphatic carbocycles. The van der Waals surface area contributed by atoms with Crippen molar-refractivity contribution in [3.05, 3.63) is 76.0 Å². The average molecular weight is 411 g/mol. The molecule has 0 fully saturated rings. The molecule has 0 atom stereocenters. The van der Waals surface area contributed by atoms with Gasteiger partial charge in [-0.2, -0.15) is 0 Å². The molecule has 10 heteroatoms. The summed E-state index contributed by atoms with van der Waals surface area (Å²) in [7, 11) is 0. The third kappa shape index (κ3) is 3.87. The van der Waals surface area contributed by atoms with Gasteiger partial charge in [-0.15, -0.1) is 10.2 Å². The molecule has 0 spiro atoms. The number of nitrogens with one attached hydrogen (secondary N) is 2. The van der Waals surface area contributed by atoms with Crippen molar-refractivity contribution in [2.75, 3.05) is 5.32 Å². The highest BCUT2D eigenvalue weighted by Crippen LogP contribution is 2.29. The van der Waals surface area contributed by atoms with Crippen LogP contribution in [0.15, 0.2) is 59.1 Å². The third-order valence-electron chi connectivity index (χ3n) is 3.95. The fourth-order valence-corrected chi connectivity index (χ4v) is 4.32. The summed E-state index contributed by atoms with van der Waals surface area (Å²) in [5, 5.41) is 22.6. The number of fused-ring (bicyclic) bond motifs is 1. The molecule has 0 bridgehead atoms. The topological polar surface area (TPSA) is 114 Å². The lowest BCUT2D eigenvalue weighted by molar-refractivity contribution is -0.384. The van der Waals surface area contributed by atoms with E-state index in [1.807, 2.05) is 30.3 Å². The molecular weight excluding hydrogens is 398 g/mol. The molecule has 0 aliphatic rings. The Balaban J connectivity index is 1.47. The number of aromatic nitrogens is 3. The minimum Gasteiger partial charge on any atom is -0.360 e. The third-order valence-corrected chi connectivity index (χ3v) is 6.00. The number of H-pyrrole nitrogens is 1. The summed E-state index contributed by atoms with van der Waals surface area (Å²) in [4.78, 5) is 26.0. The maximum Gasteiger partial charge on any atom is 0.270 e. The number of aromatic amines is 1. The van der Waals surface area contributed by atoms with Crippen molar-refractivity contribution >= 4 is 50.7 Å². The summed E-state index contributed by atoms with van der Waals surface area (Å²) in [6, 6.07) is 14.3. The lowest BCUT2D eigenvalue weighted by Gasteiger charge is -2.00. The van der Waals surface area contributed by atoms with E-state index in [9.17, 15) is 14.9 Å². The molecule has 8 nitrogen and oxygen atoms in total. The molecule has 0 unspecified atom stereocenters. The number of hydrogen-bond donors (Lipinski definition) is 2. The number of benzene rings is 2. The number of hydrogen-bond acceptors (Lipinski definition) is 7. The molecule has 140 valence electrons. The highest BCUT2D eigenvalue weighted by Gasteiger charge is 2.17. The fraction of sp³-hybridized carbons (Fsp3) is 0.0556. The molecule has 0 aliphatic heterocycles. The van der Waals surface area contributed by atoms with Gasteiger partial charge >= 0.3 is 0 Å². The number of nitro benzene ring substituents is 1. The van der Waals surface area contributed by atoms with Gasteiger partial charge in [-0.1, -0.05) is 53.4 Å². The van der Waals surface area contributed by atoms with Crippen molar-refractivity contribution in [2.45, 2.75) is 10.1 Å². The van der Waals surface area contributed by atoms with E-state index >= 15 is 0 Å². The summed E-state index contributed by atoms with van der Waals surface area (Å²) in [6.07, 6.45) is 1.52. The van der Waals surface area contributed by atoms with Gasteiger partial charge in [0.25, 0.3) is 11.6 Å². The van der Waals surface area contributed by atoms with Crippen molar-refractivity contribution in [3.8, 4) is 0 Å². The Morgan fingerprint density at radius 1 is 1.21 bits per heavy atom. The normalized spacial score (nSPS) is 10.9. The second kappa shape index (κ2) is 7.79. The Labute approximate surface area is 167 Å². The largest absolute Gasteiger partial charge is 0.360 e. The van der Waals surface area contributed by atoms with Gasteiger partial charge in [-0.05, 0) is 11.6 Å². The standard InChI is InChI=1S/C18H13N5O3S2/c24-16(14-9-19-15-7-6-12(23(25)26)8-13(14)15)20-17-21-22-18(28-17)27-10-11-4-2-1-3-5-11/h1-9,19H,10H2,(H,20,21,24). The molecular formula is C18H13N5O3S2. The van der Waals surface area contributed by atoms with Gasteiger partial charge in [0.1, 0.15) is 0 Å². The molecule has 2 aromatic carbocycles. The van der Waals surface area contributed by atoms with Gasteiger partial charge in [0, 0.05) is 35.0 Å². The number of carbonyl (C=O) groups excluding carboxylic acids is 1. The van der Waals surface area contributed by atoms with Crippen LogP contribution in [0, 0.1) is 10.1 Å². The summed E-state index contributed by atoms with van der Waals surface area (Å²) in [5.74, 6) is 0.359. The van der Waals surface area contributed by atoms with Gasteiger partial charge in [-0.25, -0.2) is 0 Å². The van der Waals surface area contributed by atoms with Crippen LogP contribution in [0.4, 0.5) is 10.8 Å². The Hall–Kier alpha value is -3.24. The van der Waals surface area contributed by atoms with Gasteiger partial charge in [0.2, 0.25) is 5.13 Å². The van der Waals surface area contributed by atoms with Crippen LogP contribution in [0.25, 0.3) is 10.9 Å². The fourth-order valence-electron chi connectivity index (χ4n) is 2.61. The number of amides is 1. The zero-order valence-electron chi connectivity index (χ0n) is 14.3. The smallest absolute Gasteiger partial charge is 0.270 e. The number of nitrogens with zero attached hydrogens (tertiary/aromatic N) is 3. The lowest BCUT2D eigenvalue weighted by Crippen LogP contribution is -2.11. The van der Waals surface area contributed by atoms with Crippen molar-refractivity contribution < 1.29 is 9.72 Å². The first-order valence-corrected chi connectivity index (χ1v) is 9.97. The monoisotopic (exact) mass is 411 g/mol. The van der Waals surface area contributed by atoms with Crippen LogP contribution < -0.4 is 5.32 Å². The van der Waals surface area contributed by atoms with E-state index in [0.29, 0.717) is 21.6 Å². The molecule has 2 heterocycles. The molecule has 1 amide bonds. The Bertz CT molecular complexity index is 1160.